The van der Waals surface area contributed by atoms with Gasteiger partial charge in [0.1, 0.15) is 0 Å². The van der Waals surface area contributed by atoms with Gasteiger partial charge in [-0.05, 0) is 49.4 Å². The highest BCUT2D eigenvalue weighted by Crippen LogP contribution is 2.25. The van der Waals surface area contributed by atoms with E-state index in [0.717, 1.165) is 25.4 Å². The molecule has 0 unspecified atom stereocenters. The highest BCUT2D eigenvalue weighted by Gasteiger charge is 2.14. The molecule has 2 heteroatoms. The second-order valence-corrected chi connectivity index (χ2v) is 4.24. The molecule has 0 amide bonds. The van der Waals surface area contributed by atoms with E-state index in [2.05, 4.69) is 29.6 Å². The van der Waals surface area contributed by atoms with Crippen LogP contribution in [0.15, 0.2) is 24.3 Å². The first-order valence-electron chi connectivity index (χ1n) is 5.80. The Morgan fingerprint density at radius 3 is 2.40 bits per heavy atom. The van der Waals surface area contributed by atoms with Crippen molar-refractivity contribution in [2.24, 2.45) is 0 Å². The van der Waals surface area contributed by atoms with E-state index in [4.69, 9.17) is 5.11 Å². The molecule has 82 valence electrons. The second kappa shape index (κ2) is 5.29. The van der Waals surface area contributed by atoms with E-state index >= 15 is 0 Å². The summed E-state index contributed by atoms with van der Waals surface area (Å²) in [6, 6.07) is 8.74. The van der Waals surface area contributed by atoms with Gasteiger partial charge in [-0.1, -0.05) is 24.3 Å². The Balaban J connectivity index is 2.02. The van der Waals surface area contributed by atoms with Crippen LogP contribution in [0.5, 0.6) is 0 Å². The summed E-state index contributed by atoms with van der Waals surface area (Å²) < 4.78 is 0. The molecule has 2 N–H and O–H groups in total. The predicted octanol–water partition coefficient (Wildman–Crippen LogP) is 1.69. The number of nitrogens with one attached hydrogen (secondary N) is 1. The number of hydrogen-bond donors (Lipinski definition) is 2. The summed E-state index contributed by atoms with van der Waals surface area (Å²) in [5, 5.41) is 12.2. The molecule has 1 saturated heterocycles. The van der Waals surface area contributed by atoms with Crippen LogP contribution in [0.2, 0.25) is 0 Å². The number of benzene rings is 1. The molecule has 0 aromatic heterocycles. The fourth-order valence-electron chi connectivity index (χ4n) is 2.24. The van der Waals surface area contributed by atoms with Crippen molar-refractivity contribution >= 4 is 0 Å². The lowest BCUT2D eigenvalue weighted by atomic mass is 9.89. The van der Waals surface area contributed by atoms with Gasteiger partial charge in [0.05, 0.1) is 0 Å². The van der Waals surface area contributed by atoms with Crippen molar-refractivity contribution in [1.29, 1.82) is 0 Å². The molecule has 0 spiro atoms. The minimum Gasteiger partial charge on any atom is -0.396 e. The zero-order valence-electron chi connectivity index (χ0n) is 9.08. The first kappa shape index (κ1) is 10.7. The zero-order valence-corrected chi connectivity index (χ0v) is 9.08. The normalized spacial score (nSPS) is 17.9. The van der Waals surface area contributed by atoms with Gasteiger partial charge in [0.15, 0.2) is 0 Å². The van der Waals surface area contributed by atoms with Crippen LogP contribution >= 0.6 is 0 Å². The van der Waals surface area contributed by atoms with E-state index < -0.39 is 0 Å². The van der Waals surface area contributed by atoms with Crippen molar-refractivity contribution in [3.05, 3.63) is 35.4 Å². The van der Waals surface area contributed by atoms with Crippen LogP contribution in [-0.4, -0.2) is 24.8 Å². The molecule has 0 radical (unpaired) electrons. The number of aliphatic hydroxyl groups excluding tert-OH is 1. The molecule has 15 heavy (non-hydrogen) atoms. The van der Waals surface area contributed by atoms with E-state index in [-0.39, 0.29) is 6.61 Å². The Labute approximate surface area is 91.3 Å². The van der Waals surface area contributed by atoms with Gasteiger partial charge >= 0.3 is 0 Å². The van der Waals surface area contributed by atoms with E-state index in [1.807, 2.05) is 0 Å². The lowest BCUT2D eigenvalue weighted by molar-refractivity contribution is 0.299. The second-order valence-electron chi connectivity index (χ2n) is 4.24. The fraction of sp³-hybridized carbons (Fsp3) is 0.538. The SMILES string of the molecule is OCCc1ccc(C2CCNCC2)cc1. The Kier molecular flexibility index (Phi) is 3.75. The van der Waals surface area contributed by atoms with E-state index in [1.54, 1.807) is 0 Å². The van der Waals surface area contributed by atoms with Gasteiger partial charge in [-0.3, -0.25) is 0 Å². The Hall–Kier alpha value is -0.860. The number of aliphatic hydroxyl groups is 1. The van der Waals surface area contributed by atoms with Crippen molar-refractivity contribution < 1.29 is 5.11 Å². The first-order chi connectivity index (χ1) is 7.40. The van der Waals surface area contributed by atoms with E-state index in [0.29, 0.717) is 0 Å². The molecule has 0 bridgehead atoms. The summed E-state index contributed by atoms with van der Waals surface area (Å²) in [5.74, 6) is 0.731. The van der Waals surface area contributed by atoms with Gasteiger partial charge in [0.25, 0.3) is 0 Å². The van der Waals surface area contributed by atoms with Crippen LogP contribution in [0, 0.1) is 0 Å². The van der Waals surface area contributed by atoms with E-state index in [1.165, 1.54) is 24.0 Å². The maximum absolute atomic E-state index is 8.83. The summed E-state index contributed by atoms with van der Waals surface area (Å²) in [4.78, 5) is 0. The van der Waals surface area contributed by atoms with Gasteiger partial charge < -0.3 is 10.4 Å². The third-order valence-electron chi connectivity index (χ3n) is 3.19. The maximum Gasteiger partial charge on any atom is 0.0471 e. The van der Waals surface area contributed by atoms with Crippen molar-refractivity contribution in [3.63, 3.8) is 0 Å². The quantitative estimate of drug-likeness (QED) is 0.787. The van der Waals surface area contributed by atoms with Crippen molar-refractivity contribution in [1.82, 2.24) is 5.32 Å². The summed E-state index contributed by atoms with van der Waals surface area (Å²) in [6.45, 7) is 2.53. The number of piperidine rings is 1. The lowest BCUT2D eigenvalue weighted by Gasteiger charge is -2.23. The van der Waals surface area contributed by atoms with Crippen LogP contribution in [0.25, 0.3) is 0 Å². The summed E-state index contributed by atoms with van der Waals surface area (Å²) >= 11 is 0. The molecule has 2 rings (SSSR count). The average molecular weight is 205 g/mol. The maximum atomic E-state index is 8.83. The van der Waals surface area contributed by atoms with E-state index in [9.17, 15) is 0 Å². The minimum atomic E-state index is 0.243. The van der Waals surface area contributed by atoms with Gasteiger partial charge in [-0.2, -0.15) is 0 Å². The summed E-state index contributed by atoms with van der Waals surface area (Å²) in [6.07, 6.45) is 3.27. The third-order valence-corrected chi connectivity index (χ3v) is 3.19. The molecule has 0 saturated carbocycles. The van der Waals surface area contributed by atoms with Crippen LogP contribution in [0.1, 0.15) is 29.9 Å². The zero-order chi connectivity index (χ0) is 10.5. The van der Waals surface area contributed by atoms with Crippen molar-refractivity contribution in [2.45, 2.75) is 25.2 Å². The topological polar surface area (TPSA) is 32.3 Å². The molecule has 1 aliphatic rings. The fourth-order valence-corrected chi connectivity index (χ4v) is 2.24. The molecule has 1 aliphatic heterocycles. The smallest absolute Gasteiger partial charge is 0.0471 e. The van der Waals surface area contributed by atoms with Crippen molar-refractivity contribution in [3.8, 4) is 0 Å². The molecule has 1 heterocycles. The molecule has 0 atom stereocenters. The number of rotatable bonds is 3. The third kappa shape index (κ3) is 2.80. The average Bonchev–Trinajstić information content (AvgIpc) is 2.32. The summed E-state index contributed by atoms with van der Waals surface area (Å²) in [5.41, 5.74) is 2.69. The highest BCUT2D eigenvalue weighted by molar-refractivity contribution is 5.26. The standard InChI is InChI=1S/C13H19NO/c15-10-7-11-1-3-12(4-2-11)13-5-8-14-9-6-13/h1-4,13-15H,5-10H2. The van der Waals surface area contributed by atoms with Gasteiger partial charge in [-0.15, -0.1) is 0 Å². The largest absolute Gasteiger partial charge is 0.396 e. The van der Waals surface area contributed by atoms with Crippen LogP contribution in [0.3, 0.4) is 0 Å². The van der Waals surface area contributed by atoms with Crippen LogP contribution in [0.4, 0.5) is 0 Å². The van der Waals surface area contributed by atoms with Crippen LogP contribution < -0.4 is 5.32 Å². The molecule has 2 nitrogen and oxygen atoms in total. The Bertz CT molecular complexity index is 288. The lowest BCUT2D eigenvalue weighted by Crippen LogP contribution is -2.26. The van der Waals surface area contributed by atoms with Gasteiger partial charge in [0, 0.05) is 6.61 Å². The minimum absolute atomic E-state index is 0.243. The molecule has 1 aromatic rings. The monoisotopic (exact) mass is 205 g/mol. The molecule has 0 aliphatic carbocycles. The van der Waals surface area contributed by atoms with Crippen LogP contribution in [-0.2, 0) is 6.42 Å². The summed E-state index contributed by atoms with van der Waals surface area (Å²) in [7, 11) is 0. The molecular formula is C13H19NO. The van der Waals surface area contributed by atoms with Crippen molar-refractivity contribution in [2.75, 3.05) is 19.7 Å². The molecule has 1 aromatic carbocycles. The van der Waals surface area contributed by atoms with Gasteiger partial charge in [0.2, 0.25) is 0 Å². The number of hydrogen-bond acceptors (Lipinski definition) is 2. The molecular weight excluding hydrogens is 186 g/mol. The predicted molar refractivity (Wildman–Crippen MR) is 62.1 cm³/mol. The Morgan fingerprint density at radius 2 is 1.80 bits per heavy atom. The highest BCUT2D eigenvalue weighted by atomic mass is 16.2. The molecule has 1 fully saturated rings. The Morgan fingerprint density at radius 1 is 1.13 bits per heavy atom. The first-order valence-corrected chi connectivity index (χ1v) is 5.80. The van der Waals surface area contributed by atoms with Gasteiger partial charge in [-0.25, -0.2) is 0 Å².